The third-order valence-corrected chi connectivity index (χ3v) is 3.81. The van der Waals surface area contributed by atoms with Gasteiger partial charge in [0.1, 0.15) is 11.5 Å². The van der Waals surface area contributed by atoms with Crippen molar-refractivity contribution < 1.29 is 4.74 Å². The fourth-order valence-electron chi connectivity index (χ4n) is 1.61. The number of hydrogen-bond donors (Lipinski definition) is 1. The molecule has 0 bridgehead atoms. The standard InChI is InChI=1S/C14H14BrNOS/c1-18-14-5-3-2-4-12(14)17-13-8-11(15)7-6-10(13)9-16/h2-8H,9,16H2,1H3. The Morgan fingerprint density at radius 2 is 1.94 bits per heavy atom. The third-order valence-electron chi connectivity index (χ3n) is 2.54. The van der Waals surface area contributed by atoms with Crippen molar-refractivity contribution in [3.8, 4) is 11.5 Å². The lowest BCUT2D eigenvalue weighted by Crippen LogP contribution is -1.99. The molecule has 0 aromatic heterocycles. The lowest BCUT2D eigenvalue weighted by Gasteiger charge is -2.12. The Kier molecular flexibility index (Phi) is 4.69. The van der Waals surface area contributed by atoms with E-state index in [4.69, 9.17) is 10.5 Å². The molecule has 0 aliphatic heterocycles. The summed E-state index contributed by atoms with van der Waals surface area (Å²) in [6.07, 6.45) is 2.03. The highest BCUT2D eigenvalue weighted by Gasteiger charge is 2.07. The molecular weight excluding hydrogens is 310 g/mol. The van der Waals surface area contributed by atoms with Crippen LogP contribution in [-0.2, 0) is 6.54 Å². The summed E-state index contributed by atoms with van der Waals surface area (Å²) >= 11 is 5.11. The highest BCUT2D eigenvalue weighted by molar-refractivity contribution is 9.10. The van der Waals surface area contributed by atoms with Crippen LogP contribution in [0.4, 0.5) is 0 Å². The van der Waals surface area contributed by atoms with E-state index in [1.807, 2.05) is 48.7 Å². The monoisotopic (exact) mass is 323 g/mol. The van der Waals surface area contributed by atoms with Crippen LogP contribution >= 0.6 is 27.7 Å². The van der Waals surface area contributed by atoms with Gasteiger partial charge in [0.25, 0.3) is 0 Å². The van der Waals surface area contributed by atoms with Crippen molar-refractivity contribution in [2.45, 2.75) is 11.4 Å². The first-order chi connectivity index (χ1) is 8.74. The van der Waals surface area contributed by atoms with Gasteiger partial charge in [0, 0.05) is 21.5 Å². The van der Waals surface area contributed by atoms with Crippen molar-refractivity contribution in [1.29, 1.82) is 0 Å². The molecule has 0 saturated carbocycles. The van der Waals surface area contributed by atoms with E-state index in [0.717, 1.165) is 26.4 Å². The zero-order valence-electron chi connectivity index (χ0n) is 10.0. The predicted molar refractivity (Wildman–Crippen MR) is 80.3 cm³/mol. The lowest BCUT2D eigenvalue weighted by molar-refractivity contribution is 0.465. The quantitative estimate of drug-likeness (QED) is 0.846. The van der Waals surface area contributed by atoms with Gasteiger partial charge in [-0.05, 0) is 30.5 Å². The van der Waals surface area contributed by atoms with Crippen LogP contribution in [0.2, 0.25) is 0 Å². The van der Waals surface area contributed by atoms with Gasteiger partial charge in [-0.3, -0.25) is 0 Å². The number of ether oxygens (including phenoxy) is 1. The minimum Gasteiger partial charge on any atom is -0.456 e. The normalized spacial score (nSPS) is 10.4. The molecule has 4 heteroatoms. The van der Waals surface area contributed by atoms with E-state index in [2.05, 4.69) is 15.9 Å². The topological polar surface area (TPSA) is 35.2 Å². The Morgan fingerprint density at radius 1 is 1.17 bits per heavy atom. The molecule has 18 heavy (non-hydrogen) atoms. The molecule has 0 fully saturated rings. The molecule has 2 N–H and O–H groups in total. The first-order valence-corrected chi connectivity index (χ1v) is 7.55. The number of thioether (sulfide) groups is 1. The maximum Gasteiger partial charge on any atom is 0.140 e. The summed E-state index contributed by atoms with van der Waals surface area (Å²) in [6.45, 7) is 0.462. The van der Waals surface area contributed by atoms with Crippen LogP contribution in [0.1, 0.15) is 5.56 Å². The second-order valence-electron chi connectivity index (χ2n) is 3.71. The van der Waals surface area contributed by atoms with Crippen molar-refractivity contribution in [2.75, 3.05) is 6.26 Å². The molecule has 0 amide bonds. The molecule has 0 spiro atoms. The van der Waals surface area contributed by atoms with Crippen molar-refractivity contribution in [3.63, 3.8) is 0 Å². The SMILES string of the molecule is CSc1ccccc1Oc1cc(Br)ccc1CN. The number of rotatable bonds is 4. The summed E-state index contributed by atoms with van der Waals surface area (Å²) in [7, 11) is 0. The van der Waals surface area contributed by atoms with Gasteiger partial charge >= 0.3 is 0 Å². The summed E-state index contributed by atoms with van der Waals surface area (Å²) in [4.78, 5) is 1.11. The van der Waals surface area contributed by atoms with Crippen LogP contribution in [0.25, 0.3) is 0 Å². The molecular formula is C14H14BrNOS. The van der Waals surface area contributed by atoms with Gasteiger partial charge in [0.2, 0.25) is 0 Å². The number of halogens is 1. The largest absolute Gasteiger partial charge is 0.456 e. The fourth-order valence-corrected chi connectivity index (χ4v) is 2.48. The van der Waals surface area contributed by atoms with Crippen molar-refractivity contribution in [2.24, 2.45) is 5.73 Å². The summed E-state index contributed by atoms with van der Waals surface area (Å²) in [5.74, 6) is 1.66. The minimum atomic E-state index is 0.462. The van der Waals surface area contributed by atoms with Gasteiger partial charge < -0.3 is 10.5 Å². The molecule has 0 aliphatic carbocycles. The second-order valence-corrected chi connectivity index (χ2v) is 5.47. The molecule has 0 atom stereocenters. The number of para-hydroxylation sites is 1. The van der Waals surface area contributed by atoms with Crippen molar-refractivity contribution in [3.05, 3.63) is 52.5 Å². The van der Waals surface area contributed by atoms with Crippen LogP contribution in [0.3, 0.4) is 0 Å². The third kappa shape index (κ3) is 3.07. The van der Waals surface area contributed by atoms with E-state index < -0.39 is 0 Å². The van der Waals surface area contributed by atoms with Crippen molar-refractivity contribution in [1.82, 2.24) is 0 Å². The van der Waals surface area contributed by atoms with Gasteiger partial charge in [-0.15, -0.1) is 11.8 Å². The first-order valence-electron chi connectivity index (χ1n) is 5.54. The van der Waals surface area contributed by atoms with E-state index in [1.54, 1.807) is 11.8 Å². The molecule has 0 saturated heterocycles. The summed E-state index contributed by atoms with van der Waals surface area (Å²) in [5.41, 5.74) is 6.72. The smallest absolute Gasteiger partial charge is 0.140 e. The van der Waals surface area contributed by atoms with E-state index in [1.165, 1.54) is 0 Å². The molecule has 0 heterocycles. The summed E-state index contributed by atoms with van der Waals surface area (Å²) in [5, 5.41) is 0. The van der Waals surface area contributed by atoms with E-state index in [0.29, 0.717) is 6.54 Å². The molecule has 0 unspecified atom stereocenters. The summed E-state index contributed by atoms with van der Waals surface area (Å²) < 4.78 is 6.96. The van der Waals surface area contributed by atoms with E-state index >= 15 is 0 Å². The van der Waals surface area contributed by atoms with E-state index in [-0.39, 0.29) is 0 Å². The molecule has 2 aromatic rings. The summed E-state index contributed by atoms with van der Waals surface area (Å²) in [6, 6.07) is 13.9. The van der Waals surface area contributed by atoms with Crippen LogP contribution in [-0.4, -0.2) is 6.26 Å². The van der Waals surface area contributed by atoms with Gasteiger partial charge in [-0.25, -0.2) is 0 Å². The maximum atomic E-state index is 5.97. The highest BCUT2D eigenvalue weighted by Crippen LogP contribution is 2.34. The molecule has 0 aliphatic rings. The average Bonchev–Trinajstić information content (AvgIpc) is 2.40. The van der Waals surface area contributed by atoms with Crippen LogP contribution < -0.4 is 10.5 Å². The Hall–Kier alpha value is -0.970. The van der Waals surface area contributed by atoms with Gasteiger partial charge in [0.15, 0.2) is 0 Å². The number of hydrogen-bond acceptors (Lipinski definition) is 3. The number of nitrogens with two attached hydrogens (primary N) is 1. The molecule has 0 radical (unpaired) electrons. The van der Waals surface area contributed by atoms with Crippen molar-refractivity contribution >= 4 is 27.7 Å². The fraction of sp³-hybridized carbons (Fsp3) is 0.143. The highest BCUT2D eigenvalue weighted by atomic mass is 79.9. The lowest BCUT2D eigenvalue weighted by atomic mass is 10.2. The Bertz CT molecular complexity index is 545. The van der Waals surface area contributed by atoms with Crippen LogP contribution in [0, 0.1) is 0 Å². The molecule has 2 nitrogen and oxygen atoms in total. The molecule has 94 valence electrons. The first kappa shape index (κ1) is 13.5. The Labute approximate surface area is 120 Å². The van der Waals surface area contributed by atoms with E-state index in [9.17, 15) is 0 Å². The van der Waals surface area contributed by atoms with Crippen LogP contribution in [0.5, 0.6) is 11.5 Å². The van der Waals surface area contributed by atoms with Gasteiger partial charge in [-0.2, -0.15) is 0 Å². The average molecular weight is 324 g/mol. The van der Waals surface area contributed by atoms with Crippen LogP contribution in [0.15, 0.2) is 51.8 Å². The van der Waals surface area contributed by atoms with Gasteiger partial charge in [-0.1, -0.05) is 34.1 Å². The Balaban J connectivity index is 2.36. The second kappa shape index (κ2) is 6.27. The zero-order valence-corrected chi connectivity index (χ0v) is 12.4. The maximum absolute atomic E-state index is 5.97. The minimum absolute atomic E-state index is 0.462. The van der Waals surface area contributed by atoms with Gasteiger partial charge in [0.05, 0.1) is 0 Å². The molecule has 2 aromatic carbocycles. The molecule has 2 rings (SSSR count). The number of benzene rings is 2. The Morgan fingerprint density at radius 3 is 2.67 bits per heavy atom. The predicted octanol–water partition coefficient (Wildman–Crippen LogP) is 4.42. The zero-order chi connectivity index (χ0) is 13.0.